The lowest BCUT2D eigenvalue weighted by Gasteiger charge is -2.16. The summed E-state index contributed by atoms with van der Waals surface area (Å²) in [4.78, 5) is 20.0. The molecule has 8 heteroatoms. The van der Waals surface area contributed by atoms with E-state index in [1.165, 1.54) is 0 Å². The van der Waals surface area contributed by atoms with Crippen LogP contribution in [0.2, 0.25) is 10.0 Å². The number of nitrogens with one attached hydrogen (secondary N) is 3. The highest BCUT2D eigenvalue weighted by atomic mass is 35.5. The Morgan fingerprint density at radius 3 is 2.50 bits per heavy atom. The Bertz CT molecular complexity index is 864. The number of benzene rings is 2. The van der Waals surface area contributed by atoms with Crippen molar-refractivity contribution >= 4 is 40.0 Å². The molecule has 0 saturated heterocycles. The van der Waals surface area contributed by atoms with Gasteiger partial charge in [0.25, 0.3) is 0 Å². The molecule has 1 unspecified atom stereocenters. The number of hydrazine groups is 1. The third kappa shape index (κ3) is 3.80. The summed E-state index contributed by atoms with van der Waals surface area (Å²) in [5, 5.41) is 2.11. The summed E-state index contributed by atoms with van der Waals surface area (Å²) < 4.78 is 0. The molecule has 1 heterocycles. The zero-order valence-electron chi connectivity index (χ0n) is 12.3. The lowest BCUT2D eigenvalue weighted by atomic mass is 10.1. The van der Waals surface area contributed by atoms with Gasteiger partial charge in [0.1, 0.15) is 6.04 Å². The Kier molecular flexibility index (Phi) is 4.92. The molecule has 1 aromatic heterocycles. The molecule has 0 saturated carbocycles. The van der Waals surface area contributed by atoms with E-state index in [2.05, 4.69) is 16.0 Å². The van der Waals surface area contributed by atoms with Crippen molar-refractivity contribution in [1.82, 2.24) is 16.0 Å². The van der Waals surface area contributed by atoms with Crippen LogP contribution in [0.5, 0.6) is 5.88 Å². The topological polar surface area (TPSA) is 92.2 Å². The van der Waals surface area contributed by atoms with Crippen molar-refractivity contribution in [3.05, 3.63) is 64.1 Å². The molecule has 5 N–H and O–H groups in total. The third-order valence-electron chi connectivity index (χ3n) is 3.41. The molecule has 3 aromatic rings. The maximum atomic E-state index is 11.6. The van der Waals surface area contributed by atoms with Gasteiger partial charge < -0.3 is 15.6 Å². The molecule has 0 fully saturated rings. The van der Waals surface area contributed by atoms with E-state index in [0.717, 1.165) is 10.9 Å². The summed E-state index contributed by atoms with van der Waals surface area (Å²) in [6.45, 7) is 0. The van der Waals surface area contributed by atoms with Crippen LogP contribution < -0.4 is 21.6 Å². The quantitative estimate of drug-likeness (QED) is 0.505. The van der Waals surface area contributed by atoms with E-state index in [-0.39, 0.29) is 0 Å². The van der Waals surface area contributed by atoms with Gasteiger partial charge in [0.15, 0.2) is 0 Å². The van der Waals surface area contributed by atoms with Crippen molar-refractivity contribution in [2.75, 3.05) is 0 Å². The van der Waals surface area contributed by atoms with Crippen LogP contribution in [-0.2, 0) is 4.79 Å². The second kappa shape index (κ2) is 7.11. The molecule has 0 aliphatic heterocycles. The van der Waals surface area contributed by atoms with Gasteiger partial charge in [0.2, 0.25) is 11.8 Å². The van der Waals surface area contributed by atoms with Crippen LogP contribution in [0.4, 0.5) is 0 Å². The van der Waals surface area contributed by atoms with Crippen molar-refractivity contribution in [2.45, 2.75) is 6.04 Å². The number of carbonyl (C=O) groups is 1. The number of primary amides is 1. The monoisotopic (exact) mass is 364 g/mol. The van der Waals surface area contributed by atoms with Crippen LogP contribution >= 0.6 is 23.2 Å². The summed E-state index contributed by atoms with van der Waals surface area (Å²) in [6, 6.07) is 13.2. The standard InChI is InChI=1S/C16H14Cl2N4O2/c17-11-3-1-9(2-4-11)15(16(19)23)21-22-24-14-8-10-7-12(18)5-6-13(10)20-14/h1-8,15,20-22H,(H2,19,23). The van der Waals surface area contributed by atoms with Gasteiger partial charge in [-0.3, -0.25) is 4.79 Å². The molecule has 1 amide bonds. The van der Waals surface area contributed by atoms with E-state index in [1.807, 2.05) is 12.1 Å². The number of carbonyl (C=O) groups excluding carboxylic acids is 1. The Balaban J connectivity index is 1.66. The largest absolute Gasteiger partial charge is 0.376 e. The van der Waals surface area contributed by atoms with Crippen molar-refractivity contribution < 1.29 is 9.63 Å². The van der Waals surface area contributed by atoms with Crippen LogP contribution in [0.1, 0.15) is 11.6 Å². The van der Waals surface area contributed by atoms with Crippen molar-refractivity contribution in [3.63, 3.8) is 0 Å². The summed E-state index contributed by atoms with van der Waals surface area (Å²) >= 11 is 11.8. The minimum Gasteiger partial charge on any atom is -0.376 e. The summed E-state index contributed by atoms with van der Waals surface area (Å²) in [5.41, 5.74) is 12.2. The smallest absolute Gasteiger partial charge is 0.240 e. The van der Waals surface area contributed by atoms with Gasteiger partial charge in [0, 0.05) is 27.0 Å². The first-order chi connectivity index (χ1) is 11.5. The molecule has 3 rings (SSSR count). The van der Waals surface area contributed by atoms with Gasteiger partial charge in [0.05, 0.1) is 0 Å². The first-order valence-corrected chi connectivity index (χ1v) is 7.79. The molecule has 0 radical (unpaired) electrons. The zero-order valence-corrected chi connectivity index (χ0v) is 13.9. The minimum absolute atomic E-state index is 0.457. The van der Waals surface area contributed by atoms with E-state index in [9.17, 15) is 4.79 Å². The molecule has 24 heavy (non-hydrogen) atoms. The van der Waals surface area contributed by atoms with E-state index >= 15 is 0 Å². The van der Waals surface area contributed by atoms with Crippen LogP contribution in [0, 0.1) is 0 Å². The maximum absolute atomic E-state index is 11.6. The average Bonchev–Trinajstić information content (AvgIpc) is 2.94. The fraction of sp³-hybridized carbons (Fsp3) is 0.0625. The molecule has 2 aromatic carbocycles. The number of aromatic nitrogens is 1. The molecule has 0 spiro atoms. The second-order valence-corrected chi connectivity index (χ2v) is 5.97. The zero-order chi connectivity index (χ0) is 17.1. The van der Waals surface area contributed by atoms with Crippen molar-refractivity contribution in [1.29, 1.82) is 0 Å². The Morgan fingerprint density at radius 2 is 1.79 bits per heavy atom. The lowest BCUT2D eigenvalue weighted by Crippen LogP contribution is -2.43. The Labute approximate surface area is 147 Å². The Morgan fingerprint density at radius 1 is 1.08 bits per heavy atom. The average molecular weight is 365 g/mol. The van der Waals surface area contributed by atoms with Gasteiger partial charge >= 0.3 is 0 Å². The van der Waals surface area contributed by atoms with Crippen molar-refractivity contribution in [2.24, 2.45) is 5.73 Å². The SMILES string of the molecule is NC(=O)C(NNOc1cc2cc(Cl)ccc2[nH]1)c1ccc(Cl)cc1. The van der Waals surface area contributed by atoms with Crippen LogP contribution in [0.15, 0.2) is 48.5 Å². The highest BCUT2D eigenvalue weighted by Gasteiger charge is 2.17. The molecular weight excluding hydrogens is 351 g/mol. The summed E-state index contributed by atoms with van der Waals surface area (Å²) in [7, 11) is 0. The number of fused-ring (bicyclic) bond motifs is 1. The number of H-pyrrole nitrogens is 1. The third-order valence-corrected chi connectivity index (χ3v) is 3.90. The molecule has 0 aliphatic carbocycles. The first-order valence-electron chi connectivity index (χ1n) is 7.03. The fourth-order valence-corrected chi connectivity index (χ4v) is 2.56. The number of hydrogen-bond donors (Lipinski definition) is 4. The predicted octanol–water partition coefficient (Wildman–Crippen LogP) is 3.09. The molecular formula is C16H14Cl2N4O2. The van der Waals surface area contributed by atoms with E-state index < -0.39 is 11.9 Å². The number of rotatable bonds is 6. The first kappa shape index (κ1) is 16.6. The highest BCUT2D eigenvalue weighted by molar-refractivity contribution is 6.31. The lowest BCUT2D eigenvalue weighted by molar-refractivity contribution is -0.121. The minimum atomic E-state index is -0.777. The van der Waals surface area contributed by atoms with E-state index in [0.29, 0.717) is 21.5 Å². The molecule has 6 nitrogen and oxygen atoms in total. The number of amides is 1. The van der Waals surface area contributed by atoms with Crippen molar-refractivity contribution in [3.8, 4) is 5.88 Å². The van der Waals surface area contributed by atoms with Gasteiger partial charge in [-0.05, 0) is 35.9 Å². The molecule has 1 atom stereocenters. The predicted molar refractivity (Wildman–Crippen MR) is 93.6 cm³/mol. The number of halogens is 2. The maximum Gasteiger partial charge on any atom is 0.240 e. The van der Waals surface area contributed by atoms with Gasteiger partial charge in [-0.2, -0.15) is 0 Å². The van der Waals surface area contributed by atoms with E-state index in [4.69, 9.17) is 33.8 Å². The number of aromatic amines is 1. The summed E-state index contributed by atoms with van der Waals surface area (Å²) in [6.07, 6.45) is 0. The molecule has 0 aliphatic rings. The highest BCUT2D eigenvalue weighted by Crippen LogP contribution is 2.23. The fourth-order valence-electron chi connectivity index (χ4n) is 2.25. The molecule has 0 bridgehead atoms. The number of hydrogen-bond acceptors (Lipinski definition) is 4. The van der Waals surface area contributed by atoms with Gasteiger partial charge in [-0.1, -0.05) is 40.9 Å². The van der Waals surface area contributed by atoms with E-state index in [1.54, 1.807) is 36.4 Å². The van der Waals surface area contributed by atoms with Gasteiger partial charge in [-0.15, -0.1) is 0 Å². The van der Waals surface area contributed by atoms with Crippen LogP contribution in [0.3, 0.4) is 0 Å². The Hall–Kier alpha value is -2.25. The number of nitrogens with two attached hydrogens (primary N) is 1. The second-order valence-electron chi connectivity index (χ2n) is 5.10. The van der Waals surface area contributed by atoms with Crippen LogP contribution in [-0.4, -0.2) is 10.9 Å². The molecule has 124 valence electrons. The summed E-state index contributed by atoms with van der Waals surface area (Å²) in [5.74, 6) is -0.101. The van der Waals surface area contributed by atoms with Crippen LogP contribution in [0.25, 0.3) is 10.9 Å². The van der Waals surface area contributed by atoms with Gasteiger partial charge in [-0.25, -0.2) is 5.43 Å². The normalized spacial score (nSPS) is 12.2.